The van der Waals surface area contributed by atoms with E-state index in [0.29, 0.717) is 11.1 Å². The van der Waals surface area contributed by atoms with E-state index in [0.717, 1.165) is 11.0 Å². The highest BCUT2D eigenvalue weighted by molar-refractivity contribution is 9.12. The highest BCUT2D eigenvalue weighted by Crippen LogP contribution is 2.55. The van der Waals surface area contributed by atoms with Crippen LogP contribution in [0.3, 0.4) is 0 Å². The molecule has 4 atom stereocenters. The third-order valence-electron chi connectivity index (χ3n) is 7.28. The van der Waals surface area contributed by atoms with Crippen LogP contribution in [0, 0.1) is 23.6 Å². The number of carbonyl (C=O) groups is 5. The molecule has 4 aliphatic rings. The van der Waals surface area contributed by atoms with Gasteiger partial charge in [0, 0.05) is 29.7 Å². The van der Waals surface area contributed by atoms with Gasteiger partial charge in [0.15, 0.2) is 23.1 Å². The summed E-state index contributed by atoms with van der Waals surface area (Å²) in [5.41, 5.74) is 1.39. The van der Waals surface area contributed by atoms with Crippen molar-refractivity contribution in [3.05, 3.63) is 62.9 Å². The van der Waals surface area contributed by atoms with E-state index in [9.17, 15) is 33.5 Å². The number of aliphatic carboxylic acids is 1. The largest absolute Gasteiger partial charge is 0.505 e. The van der Waals surface area contributed by atoms with Crippen LogP contribution in [-0.4, -0.2) is 51.0 Å². The zero-order chi connectivity index (χ0) is 25.2. The van der Waals surface area contributed by atoms with Crippen LogP contribution in [0.15, 0.2) is 51.6 Å². The van der Waals surface area contributed by atoms with Crippen LogP contribution in [0.25, 0.3) is 0 Å². The molecule has 0 spiro atoms. The summed E-state index contributed by atoms with van der Waals surface area (Å²) < 4.78 is 14.4. The molecule has 2 amide bonds. The van der Waals surface area contributed by atoms with Crippen molar-refractivity contribution in [2.45, 2.75) is 25.2 Å². The number of phenols is 1. The van der Waals surface area contributed by atoms with Crippen molar-refractivity contribution in [3.8, 4) is 5.75 Å². The van der Waals surface area contributed by atoms with Crippen LogP contribution in [0.4, 0.5) is 4.39 Å². The Morgan fingerprint density at radius 3 is 2.57 bits per heavy atom. The summed E-state index contributed by atoms with van der Waals surface area (Å²) in [6, 6.07) is 3.74. The molecule has 1 aromatic rings. The second kappa shape index (κ2) is 8.37. The standard InChI is InChI=1S/C25H19BrFNO7/c26-15-9-18(30)22-14(23(15)33)8-13-11(20(22)10-1-4-17(29)16(27)7-10)2-3-12-21(13)25(35)28(24(12)34)6-5-19(31)32/h1-2,4,7,9,12-13,20-21,29H,3,5-6,8H2,(H,31,32). The van der Waals surface area contributed by atoms with Crippen molar-refractivity contribution in [2.24, 2.45) is 17.8 Å². The van der Waals surface area contributed by atoms with Gasteiger partial charge < -0.3 is 10.2 Å². The Bertz CT molecular complexity index is 1330. The number of benzene rings is 1. The average Bonchev–Trinajstić information content (AvgIpc) is 3.06. The molecule has 0 radical (unpaired) electrons. The number of phenolic OH excluding ortho intramolecular Hbond substituents is 1. The summed E-state index contributed by atoms with van der Waals surface area (Å²) in [7, 11) is 0. The first-order valence-corrected chi connectivity index (χ1v) is 11.8. The zero-order valence-electron chi connectivity index (χ0n) is 18.2. The summed E-state index contributed by atoms with van der Waals surface area (Å²) in [4.78, 5) is 64.5. The lowest BCUT2D eigenvalue weighted by molar-refractivity contribution is -0.142. The predicted octanol–water partition coefficient (Wildman–Crippen LogP) is 2.77. The molecule has 0 saturated carbocycles. The molecule has 5 rings (SSSR count). The minimum absolute atomic E-state index is 0.0543. The molecule has 2 N–H and O–H groups in total. The van der Waals surface area contributed by atoms with Gasteiger partial charge in [0.1, 0.15) is 0 Å². The number of imide groups is 1. The molecule has 35 heavy (non-hydrogen) atoms. The number of halogens is 2. The first-order chi connectivity index (χ1) is 16.6. The number of aromatic hydroxyl groups is 1. The smallest absolute Gasteiger partial charge is 0.305 e. The number of hydrogen-bond donors (Lipinski definition) is 2. The first-order valence-electron chi connectivity index (χ1n) is 11.0. The molecule has 1 fully saturated rings. The zero-order valence-corrected chi connectivity index (χ0v) is 19.7. The number of likely N-dealkylation sites (tertiary alicyclic amines) is 1. The number of hydrogen-bond acceptors (Lipinski definition) is 6. The fourth-order valence-electron chi connectivity index (χ4n) is 5.78. The predicted molar refractivity (Wildman–Crippen MR) is 122 cm³/mol. The van der Waals surface area contributed by atoms with Crippen molar-refractivity contribution in [3.63, 3.8) is 0 Å². The maximum absolute atomic E-state index is 14.3. The molecule has 8 nitrogen and oxygen atoms in total. The Kier molecular flexibility index (Phi) is 5.58. The lowest BCUT2D eigenvalue weighted by Gasteiger charge is -2.42. The van der Waals surface area contributed by atoms with Gasteiger partial charge >= 0.3 is 5.97 Å². The molecule has 0 aromatic heterocycles. The molecule has 1 heterocycles. The molecule has 1 aromatic carbocycles. The van der Waals surface area contributed by atoms with Crippen LogP contribution < -0.4 is 0 Å². The number of Topliss-reactive ketones (excluding diaryl/α,β-unsaturated/α-hetero) is 1. The van der Waals surface area contributed by atoms with Gasteiger partial charge in [0.25, 0.3) is 0 Å². The Morgan fingerprint density at radius 1 is 1.14 bits per heavy atom. The number of amides is 2. The molecule has 3 aliphatic carbocycles. The minimum atomic E-state index is -1.14. The molecule has 0 bridgehead atoms. The Labute approximate surface area is 206 Å². The summed E-state index contributed by atoms with van der Waals surface area (Å²) in [6.45, 7) is -0.242. The molecule has 10 heteroatoms. The van der Waals surface area contributed by atoms with Crippen molar-refractivity contribution >= 4 is 45.3 Å². The maximum atomic E-state index is 14.3. The van der Waals surface area contributed by atoms with Gasteiger partial charge in [-0.1, -0.05) is 17.7 Å². The third-order valence-corrected chi connectivity index (χ3v) is 7.87. The van der Waals surface area contributed by atoms with Crippen LogP contribution in [0.2, 0.25) is 0 Å². The fourth-order valence-corrected chi connectivity index (χ4v) is 6.23. The Balaban J connectivity index is 1.63. The fraction of sp³-hybridized carbons (Fsp3) is 0.320. The molecule has 1 saturated heterocycles. The highest BCUT2D eigenvalue weighted by atomic mass is 79.9. The number of nitrogens with zero attached hydrogens (tertiary/aromatic N) is 1. The van der Waals surface area contributed by atoms with Crippen molar-refractivity contribution in [2.75, 3.05) is 6.54 Å². The van der Waals surface area contributed by atoms with E-state index in [1.807, 2.05) is 0 Å². The first kappa shape index (κ1) is 23.3. The minimum Gasteiger partial charge on any atom is -0.505 e. The number of carboxylic acids is 1. The van der Waals surface area contributed by atoms with E-state index in [4.69, 9.17) is 5.11 Å². The van der Waals surface area contributed by atoms with Gasteiger partial charge in [-0.2, -0.15) is 0 Å². The van der Waals surface area contributed by atoms with Crippen LogP contribution in [-0.2, 0) is 24.0 Å². The second-order valence-corrected chi connectivity index (χ2v) is 9.93. The highest BCUT2D eigenvalue weighted by Gasteiger charge is 2.56. The normalized spacial score (nSPS) is 27.9. The van der Waals surface area contributed by atoms with E-state index in [-0.39, 0.29) is 41.4 Å². The van der Waals surface area contributed by atoms with E-state index in [1.165, 1.54) is 18.2 Å². The number of carboxylic acid groups (broad SMARTS) is 1. The number of allylic oxidation sites excluding steroid dienone is 6. The molecule has 4 unspecified atom stereocenters. The Morgan fingerprint density at radius 2 is 1.89 bits per heavy atom. The van der Waals surface area contributed by atoms with E-state index < -0.39 is 64.6 Å². The number of fused-ring (bicyclic) bond motifs is 3. The van der Waals surface area contributed by atoms with Gasteiger partial charge in [-0.25, -0.2) is 4.39 Å². The van der Waals surface area contributed by atoms with Crippen molar-refractivity contribution in [1.29, 1.82) is 0 Å². The summed E-state index contributed by atoms with van der Waals surface area (Å²) in [5, 5.41) is 18.7. The van der Waals surface area contributed by atoms with Gasteiger partial charge in [-0.05, 0) is 52.4 Å². The maximum Gasteiger partial charge on any atom is 0.305 e. The molecule has 1 aliphatic heterocycles. The summed E-state index contributed by atoms with van der Waals surface area (Å²) in [6.07, 6.45) is 2.83. The van der Waals surface area contributed by atoms with Crippen LogP contribution in [0.1, 0.15) is 30.7 Å². The number of carbonyl (C=O) groups excluding carboxylic acids is 4. The number of rotatable bonds is 4. The van der Waals surface area contributed by atoms with Crippen LogP contribution in [0.5, 0.6) is 5.75 Å². The van der Waals surface area contributed by atoms with Gasteiger partial charge in [-0.15, -0.1) is 0 Å². The summed E-state index contributed by atoms with van der Waals surface area (Å²) >= 11 is 3.13. The molecular formula is C25H19BrFNO7. The molecule has 180 valence electrons. The summed E-state index contributed by atoms with van der Waals surface area (Å²) in [5.74, 6) is -7.31. The number of ketones is 2. The van der Waals surface area contributed by atoms with E-state index in [2.05, 4.69) is 15.9 Å². The lowest BCUT2D eigenvalue weighted by atomic mass is 9.59. The van der Waals surface area contributed by atoms with Crippen LogP contribution >= 0.6 is 15.9 Å². The van der Waals surface area contributed by atoms with E-state index >= 15 is 0 Å². The van der Waals surface area contributed by atoms with E-state index in [1.54, 1.807) is 6.08 Å². The second-order valence-electron chi connectivity index (χ2n) is 9.08. The van der Waals surface area contributed by atoms with Gasteiger partial charge in [-0.3, -0.25) is 28.9 Å². The average molecular weight is 544 g/mol. The molecular weight excluding hydrogens is 525 g/mol. The van der Waals surface area contributed by atoms with Crippen molar-refractivity contribution in [1.82, 2.24) is 4.90 Å². The third kappa shape index (κ3) is 3.58. The monoisotopic (exact) mass is 543 g/mol. The Hall–Kier alpha value is -3.40. The lowest BCUT2D eigenvalue weighted by Crippen LogP contribution is -2.39. The van der Waals surface area contributed by atoms with Crippen molar-refractivity contribution < 1.29 is 38.6 Å². The van der Waals surface area contributed by atoms with Gasteiger partial charge in [0.05, 0.1) is 22.7 Å². The topological polar surface area (TPSA) is 129 Å². The SMILES string of the molecule is O=C(O)CCN1C(=O)C2CC=C3C(c4ccc(O)c(F)c4)C4=C(CC3C2C1=O)C(=O)C(Br)=CC4=O. The quantitative estimate of drug-likeness (QED) is 0.339. The van der Waals surface area contributed by atoms with Gasteiger partial charge in [0.2, 0.25) is 11.8 Å².